The molecule has 0 radical (unpaired) electrons. The van der Waals surface area contributed by atoms with Crippen LogP contribution in [-0.4, -0.2) is 0 Å². The summed E-state index contributed by atoms with van der Waals surface area (Å²) in [5.74, 6) is 0. The summed E-state index contributed by atoms with van der Waals surface area (Å²) in [6, 6.07) is 9.95. The monoisotopic (exact) mass is 150 g/mol. The summed E-state index contributed by atoms with van der Waals surface area (Å²) in [6.45, 7) is 0. The van der Waals surface area contributed by atoms with Crippen molar-refractivity contribution in [1.82, 2.24) is 0 Å². The summed E-state index contributed by atoms with van der Waals surface area (Å²) in [4.78, 5) is 0. The van der Waals surface area contributed by atoms with E-state index in [0.29, 0.717) is 0 Å². The molecule has 1 nitrogen and oxygen atoms in total. The van der Waals surface area contributed by atoms with Gasteiger partial charge in [0, 0.05) is 6.08 Å². The summed E-state index contributed by atoms with van der Waals surface area (Å²) in [7, 11) is 0. The van der Waals surface area contributed by atoms with E-state index in [-0.39, 0.29) is 0 Å². The minimum Gasteiger partial charge on any atom is -0.0622 e. The minimum atomic E-state index is 0.966. The largest absolute Gasteiger partial charge is 0.345 e. The lowest BCUT2D eigenvalue weighted by molar-refractivity contribution is 1.65. The first-order valence-corrected chi connectivity index (χ1v) is 3.85. The standard InChI is InChI=1S/C8H8NS/c9-10-7-6-8-4-2-1-3-5-8/h1-7,9H/q+1. The van der Waals surface area contributed by atoms with Crippen molar-refractivity contribution in [3.63, 3.8) is 0 Å². The molecule has 0 spiro atoms. The van der Waals surface area contributed by atoms with Gasteiger partial charge in [-0.3, -0.25) is 0 Å². The Labute approximate surface area is 64.3 Å². The Morgan fingerprint density at radius 3 is 2.50 bits per heavy atom. The Morgan fingerprint density at radius 1 is 1.20 bits per heavy atom. The molecule has 0 bridgehead atoms. The number of benzene rings is 1. The summed E-state index contributed by atoms with van der Waals surface area (Å²) >= 11 is 0.966. The fourth-order valence-corrected chi connectivity index (χ4v) is 0.902. The molecule has 0 amide bonds. The first-order chi connectivity index (χ1) is 4.93. The molecule has 0 aromatic heterocycles. The maximum atomic E-state index is 6.78. The van der Waals surface area contributed by atoms with Crippen molar-refractivity contribution in [3.8, 4) is 0 Å². The molecular weight excluding hydrogens is 142 g/mol. The average Bonchev–Trinajstić information content (AvgIpc) is 2.03. The van der Waals surface area contributed by atoms with Gasteiger partial charge in [-0.15, -0.1) is 0 Å². The third-order valence-electron chi connectivity index (χ3n) is 1.13. The highest BCUT2D eigenvalue weighted by atomic mass is 32.1. The molecule has 0 saturated carbocycles. The molecule has 0 saturated heterocycles. The molecule has 0 aliphatic carbocycles. The summed E-state index contributed by atoms with van der Waals surface area (Å²) in [6.07, 6.45) is 1.91. The first kappa shape index (κ1) is 7.09. The fourth-order valence-electron chi connectivity index (χ4n) is 0.677. The van der Waals surface area contributed by atoms with Crippen molar-refractivity contribution < 1.29 is 0 Å². The van der Waals surface area contributed by atoms with E-state index in [1.165, 1.54) is 0 Å². The SMILES string of the molecule is N=[S+]C=Cc1ccccc1. The molecule has 10 heavy (non-hydrogen) atoms. The van der Waals surface area contributed by atoms with Crippen LogP contribution in [0, 0.1) is 4.78 Å². The molecule has 0 fully saturated rings. The second-order valence-corrected chi connectivity index (χ2v) is 2.34. The number of hydrogen-bond donors (Lipinski definition) is 1. The maximum Gasteiger partial charge on any atom is 0.345 e. The molecule has 50 valence electrons. The second kappa shape index (κ2) is 3.90. The van der Waals surface area contributed by atoms with Gasteiger partial charge in [0.25, 0.3) is 0 Å². The summed E-state index contributed by atoms with van der Waals surface area (Å²) in [5.41, 5.74) is 1.14. The van der Waals surface area contributed by atoms with Crippen LogP contribution in [0.4, 0.5) is 0 Å². The van der Waals surface area contributed by atoms with Gasteiger partial charge in [-0.05, 0) is 10.3 Å². The van der Waals surface area contributed by atoms with Gasteiger partial charge in [0.2, 0.25) is 5.41 Å². The van der Waals surface area contributed by atoms with E-state index in [4.69, 9.17) is 4.78 Å². The Morgan fingerprint density at radius 2 is 1.90 bits per heavy atom. The molecule has 1 rings (SSSR count). The molecule has 0 aliphatic rings. The molecule has 0 unspecified atom stereocenters. The summed E-state index contributed by atoms with van der Waals surface area (Å²) in [5, 5.41) is 1.75. The van der Waals surface area contributed by atoms with Gasteiger partial charge in [-0.1, -0.05) is 30.3 Å². The van der Waals surface area contributed by atoms with Crippen LogP contribution in [0.5, 0.6) is 0 Å². The van der Waals surface area contributed by atoms with Crippen LogP contribution in [0.25, 0.3) is 6.08 Å². The third-order valence-corrected chi connectivity index (χ3v) is 1.40. The molecule has 1 N–H and O–H groups in total. The van der Waals surface area contributed by atoms with E-state index in [1.54, 1.807) is 5.41 Å². The highest BCUT2D eigenvalue weighted by molar-refractivity contribution is 7.70. The van der Waals surface area contributed by atoms with Gasteiger partial charge < -0.3 is 0 Å². The van der Waals surface area contributed by atoms with Crippen molar-refractivity contribution in [2.24, 2.45) is 0 Å². The van der Waals surface area contributed by atoms with Gasteiger partial charge in [-0.2, -0.15) is 0 Å². The van der Waals surface area contributed by atoms with E-state index >= 15 is 0 Å². The number of nitrogens with one attached hydrogen (secondary N) is 1. The zero-order valence-corrected chi connectivity index (χ0v) is 6.27. The van der Waals surface area contributed by atoms with Crippen LogP contribution in [0.1, 0.15) is 5.56 Å². The van der Waals surface area contributed by atoms with Crippen molar-refractivity contribution in [2.75, 3.05) is 0 Å². The van der Waals surface area contributed by atoms with Crippen molar-refractivity contribution in [2.45, 2.75) is 0 Å². The van der Waals surface area contributed by atoms with Crippen LogP contribution in [-0.2, 0) is 11.6 Å². The Bertz CT molecular complexity index is 228. The fraction of sp³-hybridized carbons (Fsp3) is 0. The normalized spacial score (nSPS) is 10.0. The average molecular weight is 150 g/mol. The van der Waals surface area contributed by atoms with E-state index in [1.807, 2.05) is 36.4 Å². The predicted molar refractivity (Wildman–Crippen MR) is 45.6 cm³/mol. The van der Waals surface area contributed by atoms with Crippen LogP contribution in [0.3, 0.4) is 0 Å². The lowest BCUT2D eigenvalue weighted by Gasteiger charge is -1.84. The number of rotatable bonds is 2. The van der Waals surface area contributed by atoms with Crippen molar-refractivity contribution in [1.29, 1.82) is 4.78 Å². The van der Waals surface area contributed by atoms with Crippen LogP contribution >= 0.6 is 0 Å². The van der Waals surface area contributed by atoms with Gasteiger partial charge in [0.15, 0.2) is 0 Å². The van der Waals surface area contributed by atoms with E-state index in [0.717, 1.165) is 17.1 Å². The van der Waals surface area contributed by atoms with Crippen molar-refractivity contribution in [3.05, 3.63) is 41.3 Å². The van der Waals surface area contributed by atoms with Gasteiger partial charge in [0.05, 0.1) is 0 Å². The van der Waals surface area contributed by atoms with E-state index in [2.05, 4.69) is 0 Å². The van der Waals surface area contributed by atoms with E-state index in [9.17, 15) is 0 Å². The molecule has 0 aliphatic heterocycles. The Balaban J connectivity index is 2.76. The molecular formula is C8H8NS+. The lowest BCUT2D eigenvalue weighted by Crippen LogP contribution is -1.66. The third kappa shape index (κ3) is 2.07. The topological polar surface area (TPSA) is 23.9 Å². The number of hydrogen-bond acceptors (Lipinski definition) is 1. The smallest absolute Gasteiger partial charge is 0.0622 e. The van der Waals surface area contributed by atoms with Gasteiger partial charge in [-0.25, -0.2) is 0 Å². The Kier molecular flexibility index (Phi) is 2.77. The highest BCUT2D eigenvalue weighted by Gasteiger charge is 1.84. The maximum absolute atomic E-state index is 6.78. The molecule has 1 aromatic rings. The molecule has 0 atom stereocenters. The molecule has 2 heteroatoms. The zero-order chi connectivity index (χ0) is 7.23. The van der Waals surface area contributed by atoms with Gasteiger partial charge in [0.1, 0.15) is 0 Å². The van der Waals surface area contributed by atoms with Crippen LogP contribution < -0.4 is 0 Å². The van der Waals surface area contributed by atoms with E-state index < -0.39 is 0 Å². The Hall–Kier alpha value is -1.02. The van der Waals surface area contributed by atoms with Crippen LogP contribution in [0.2, 0.25) is 0 Å². The summed E-state index contributed by atoms with van der Waals surface area (Å²) < 4.78 is 6.78. The quantitative estimate of drug-likeness (QED) is 0.626. The van der Waals surface area contributed by atoms with Crippen LogP contribution in [0.15, 0.2) is 35.7 Å². The highest BCUT2D eigenvalue weighted by Crippen LogP contribution is 1.99. The zero-order valence-electron chi connectivity index (χ0n) is 5.45. The van der Waals surface area contributed by atoms with Crippen molar-refractivity contribution >= 4 is 17.6 Å². The molecule has 0 heterocycles. The minimum absolute atomic E-state index is 0.966. The first-order valence-electron chi connectivity index (χ1n) is 2.97. The second-order valence-electron chi connectivity index (χ2n) is 1.83. The van der Waals surface area contributed by atoms with Gasteiger partial charge >= 0.3 is 11.6 Å². The predicted octanol–water partition coefficient (Wildman–Crippen LogP) is 2.50. The molecule has 1 aromatic carbocycles. The lowest BCUT2D eigenvalue weighted by atomic mass is 10.2.